The highest BCUT2D eigenvalue weighted by Crippen LogP contribution is 2.27. The molecule has 0 aliphatic carbocycles. The first-order chi connectivity index (χ1) is 14.5. The highest BCUT2D eigenvalue weighted by Gasteiger charge is 2.37. The molecule has 9 heteroatoms. The standard InChI is InChI=1S/C22H31N3O5S/c1-14(2)10-11-25(21(15(3)4)22(27)24-28)31(29,30)20-9-7-17-12-19(23-16(5)26)8-6-18(17)13-20/h6-9,12-15,21,28H,10-11H2,1-5H3,(H,23,26)(H,24,27)/t21-/m1/s1. The molecular formula is C22H31N3O5S. The summed E-state index contributed by atoms with van der Waals surface area (Å²) in [7, 11) is -4.03. The van der Waals surface area contributed by atoms with Gasteiger partial charge in [0, 0.05) is 19.2 Å². The maximum atomic E-state index is 13.6. The van der Waals surface area contributed by atoms with Gasteiger partial charge in [-0.25, -0.2) is 13.9 Å². The number of carbonyl (C=O) groups excluding carboxylic acids is 2. The molecule has 1 atom stereocenters. The SMILES string of the molecule is CC(=O)Nc1ccc2cc(S(=O)(=O)N(CCC(C)C)[C@@H](C(=O)NO)C(C)C)ccc2c1. The van der Waals surface area contributed by atoms with Crippen LogP contribution in [0.2, 0.25) is 0 Å². The van der Waals surface area contributed by atoms with Crippen LogP contribution >= 0.6 is 0 Å². The van der Waals surface area contributed by atoms with Crippen LogP contribution in [0.15, 0.2) is 41.3 Å². The number of sulfonamides is 1. The Hall–Kier alpha value is -2.49. The second kappa shape index (κ2) is 10.2. The lowest BCUT2D eigenvalue weighted by Crippen LogP contribution is -2.52. The summed E-state index contributed by atoms with van der Waals surface area (Å²) in [4.78, 5) is 23.7. The number of hydrogen-bond donors (Lipinski definition) is 3. The first kappa shape index (κ1) is 24.8. The normalized spacial score (nSPS) is 13.1. The molecule has 0 radical (unpaired) electrons. The molecule has 0 saturated carbocycles. The zero-order chi connectivity index (χ0) is 23.3. The van der Waals surface area contributed by atoms with Gasteiger partial charge in [0.25, 0.3) is 5.91 Å². The molecule has 0 heterocycles. The molecule has 170 valence electrons. The second-order valence-corrected chi connectivity index (χ2v) is 10.3. The summed E-state index contributed by atoms with van der Waals surface area (Å²) in [5.74, 6) is -1.08. The number of fused-ring (bicyclic) bond motifs is 1. The molecule has 0 fully saturated rings. The van der Waals surface area contributed by atoms with Gasteiger partial charge in [-0.2, -0.15) is 4.31 Å². The smallest absolute Gasteiger partial charge is 0.262 e. The summed E-state index contributed by atoms with van der Waals surface area (Å²) in [6.07, 6.45) is 0.564. The number of hydroxylamine groups is 1. The van der Waals surface area contributed by atoms with Gasteiger partial charge in [-0.3, -0.25) is 14.8 Å². The molecule has 0 aliphatic heterocycles. The van der Waals surface area contributed by atoms with Crippen molar-refractivity contribution >= 4 is 38.3 Å². The first-order valence-corrected chi connectivity index (χ1v) is 11.7. The minimum atomic E-state index is -4.03. The van der Waals surface area contributed by atoms with Crippen LogP contribution in [0.5, 0.6) is 0 Å². The number of carbonyl (C=O) groups is 2. The summed E-state index contributed by atoms with van der Waals surface area (Å²) in [5, 5.41) is 13.4. The highest BCUT2D eigenvalue weighted by molar-refractivity contribution is 7.89. The van der Waals surface area contributed by atoms with Gasteiger partial charge in [-0.15, -0.1) is 0 Å². The molecule has 0 saturated heterocycles. The number of nitrogens with one attached hydrogen (secondary N) is 2. The summed E-state index contributed by atoms with van der Waals surface area (Å²) >= 11 is 0. The number of rotatable bonds is 9. The van der Waals surface area contributed by atoms with Gasteiger partial charge in [-0.1, -0.05) is 39.8 Å². The first-order valence-electron chi connectivity index (χ1n) is 10.2. The highest BCUT2D eigenvalue weighted by atomic mass is 32.2. The molecule has 2 aromatic carbocycles. The van der Waals surface area contributed by atoms with E-state index in [0.29, 0.717) is 17.5 Å². The Balaban J connectivity index is 2.52. The zero-order valence-electron chi connectivity index (χ0n) is 18.5. The third-order valence-corrected chi connectivity index (χ3v) is 6.86. The predicted octanol–water partition coefficient (Wildman–Crippen LogP) is 3.37. The third kappa shape index (κ3) is 6.03. The van der Waals surface area contributed by atoms with E-state index >= 15 is 0 Å². The van der Waals surface area contributed by atoms with E-state index in [9.17, 15) is 23.2 Å². The number of anilines is 1. The van der Waals surface area contributed by atoms with Crippen molar-refractivity contribution < 1.29 is 23.2 Å². The van der Waals surface area contributed by atoms with Crippen molar-refractivity contribution in [1.29, 1.82) is 0 Å². The van der Waals surface area contributed by atoms with Crippen molar-refractivity contribution in [1.82, 2.24) is 9.79 Å². The fourth-order valence-corrected chi connectivity index (χ4v) is 5.20. The van der Waals surface area contributed by atoms with Crippen LogP contribution in [0.25, 0.3) is 10.8 Å². The van der Waals surface area contributed by atoms with Crippen LogP contribution < -0.4 is 10.8 Å². The zero-order valence-corrected chi connectivity index (χ0v) is 19.4. The third-order valence-electron chi connectivity index (χ3n) is 4.99. The Morgan fingerprint density at radius 3 is 2.19 bits per heavy atom. The van der Waals surface area contributed by atoms with Crippen LogP contribution in [-0.4, -0.2) is 42.3 Å². The van der Waals surface area contributed by atoms with E-state index < -0.39 is 22.0 Å². The van der Waals surface area contributed by atoms with Crippen LogP contribution in [0.4, 0.5) is 5.69 Å². The van der Waals surface area contributed by atoms with Gasteiger partial charge >= 0.3 is 0 Å². The fraction of sp³-hybridized carbons (Fsp3) is 0.455. The van der Waals surface area contributed by atoms with Crippen LogP contribution in [0.1, 0.15) is 41.0 Å². The average molecular weight is 450 g/mol. The van der Waals surface area contributed by atoms with Crippen molar-refractivity contribution in [3.63, 3.8) is 0 Å². The molecule has 0 unspecified atom stereocenters. The van der Waals surface area contributed by atoms with Crippen molar-refractivity contribution in [3.8, 4) is 0 Å². The van der Waals surface area contributed by atoms with Crippen LogP contribution in [-0.2, 0) is 19.6 Å². The molecule has 31 heavy (non-hydrogen) atoms. The lowest BCUT2D eigenvalue weighted by molar-refractivity contribution is -0.134. The molecule has 0 aromatic heterocycles. The molecule has 0 spiro atoms. The molecule has 0 aliphatic rings. The van der Waals surface area contributed by atoms with E-state index in [2.05, 4.69) is 5.32 Å². The van der Waals surface area contributed by atoms with E-state index in [1.54, 1.807) is 49.7 Å². The van der Waals surface area contributed by atoms with Crippen LogP contribution in [0, 0.1) is 11.8 Å². The topological polar surface area (TPSA) is 116 Å². The largest absolute Gasteiger partial charge is 0.326 e. The molecule has 2 rings (SSSR count). The average Bonchev–Trinajstić information content (AvgIpc) is 2.68. The Bertz CT molecular complexity index is 1050. The minimum absolute atomic E-state index is 0.0624. The van der Waals surface area contributed by atoms with E-state index in [4.69, 9.17) is 0 Å². The number of hydrogen-bond acceptors (Lipinski definition) is 5. The van der Waals surface area contributed by atoms with Gasteiger partial charge in [0.2, 0.25) is 15.9 Å². The Labute approximate surface area is 183 Å². The van der Waals surface area contributed by atoms with Crippen molar-refractivity contribution in [3.05, 3.63) is 36.4 Å². The van der Waals surface area contributed by atoms with Crippen molar-refractivity contribution in [2.45, 2.75) is 52.0 Å². The summed E-state index contributed by atoms with van der Waals surface area (Å²) in [6, 6.07) is 8.87. The Kier molecular flexibility index (Phi) is 8.16. The number of amides is 2. The second-order valence-electron chi connectivity index (χ2n) is 8.37. The van der Waals surface area contributed by atoms with Gasteiger partial charge in [-0.05, 0) is 53.3 Å². The fourth-order valence-electron chi connectivity index (χ4n) is 3.43. The summed E-state index contributed by atoms with van der Waals surface area (Å²) in [6.45, 7) is 8.99. The maximum Gasteiger partial charge on any atom is 0.262 e. The lowest BCUT2D eigenvalue weighted by Gasteiger charge is -2.32. The monoisotopic (exact) mass is 449 g/mol. The predicted molar refractivity (Wildman–Crippen MR) is 120 cm³/mol. The lowest BCUT2D eigenvalue weighted by atomic mass is 10.0. The molecule has 2 amide bonds. The van der Waals surface area contributed by atoms with Crippen LogP contribution in [0.3, 0.4) is 0 Å². The summed E-state index contributed by atoms with van der Waals surface area (Å²) in [5.41, 5.74) is 2.23. The van der Waals surface area contributed by atoms with E-state index in [-0.39, 0.29) is 29.2 Å². The van der Waals surface area contributed by atoms with Gasteiger partial charge in [0.15, 0.2) is 0 Å². The quantitative estimate of drug-likeness (QED) is 0.401. The molecule has 8 nitrogen and oxygen atoms in total. The van der Waals surface area contributed by atoms with Gasteiger partial charge in [0.1, 0.15) is 6.04 Å². The minimum Gasteiger partial charge on any atom is -0.326 e. The Morgan fingerprint density at radius 2 is 1.65 bits per heavy atom. The van der Waals surface area contributed by atoms with Gasteiger partial charge < -0.3 is 5.32 Å². The van der Waals surface area contributed by atoms with E-state index in [1.165, 1.54) is 17.3 Å². The van der Waals surface area contributed by atoms with E-state index in [1.807, 2.05) is 13.8 Å². The maximum absolute atomic E-state index is 13.6. The molecule has 3 N–H and O–H groups in total. The molecular weight excluding hydrogens is 418 g/mol. The van der Waals surface area contributed by atoms with Crippen molar-refractivity contribution in [2.75, 3.05) is 11.9 Å². The number of nitrogens with zero attached hydrogens (tertiary/aromatic N) is 1. The summed E-state index contributed by atoms with van der Waals surface area (Å²) < 4.78 is 28.3. The van der Waals surface area contributed by atoms with Gasteiger partial charge in [0.05, 0.1) is 4.90 Å². The molecule has 2 aromatic rings. The van der Waals surface area contributed by atoms with Crippen molar-refractivity contribution in [2.24, 2.45) is 11.8 Å². The molecule has 0 bridgehead atoms. The van der Waals surface area contributed by atoms with E-state index in [0.717, 1.165) is 5.39 Å². The Morgan fingerprint density at radius 1 is 1.03 bits per heavy atom. The number of benzene rings is 2.